The molecule has 0 aromatic carbocycles. The van der Waals surface area contributed by atoms with E-state index in [0.717, 1.165) is 0 Å². The Hall–Kier alpha value is -0.560. The average Bonchev–Trinajstić information content (AvgIpc) is 2.28. The maximum Gasteiger partial charge on any atom is 0.104 e. The summed E-state index contributed by atoms with van der Waals surface area (Å²) < 4.78 is 1.23. The highest BCUT2D eigenvalue weighted by Gasteiger charge is 2.21. The monoisotopic (exact) mass is 194 g/mol. The van der Waals surface area contributed by atoms with E-state index in [1.807, 2.05) is 0 Å². The van der Waals surface area contributed by atoms with E-state index < -0.39 is 0 Å². The largest absolute Gasteiger partial charge is 0.321 e. The smallest absolute Gasteiger partial charge is 0.104 e. The molecule has 0 saturated carbocycles. The van der Waals surface area contributed by atoms with Gasteiger partial charge in [0.25, 0.3) is 0 Å². The lowest BCUT2D eigenvalue weighted by molar-refractivity contribution is -0.918. The summed E-state index contributed by atoms with van der Waals surface area (Å²) in [7, 11) is 0. The van der Waals surface area contributed by atoms with Crippen molar-refractivity contribution in [3.63, 3.8) is 0 Å². The Kier molecular flexibility index (Phi) is 4.40. The molecule has 80 valence electrons. The topological polar surface area (TPSA) is 0 Å². The third-order valence-corrected chi connectivity index (χ3v) is 3.60. The zero-order chi connectivity index (χ0) is 10.4. The first kappa shape index (κ1) is 11.5. The van der Waals surface area contributed by atoms with Crippen LogP contribution in [0.25, 0.3) is 0 Å². The molecule has 14 heavy (non-hydrogen) atoms. The highest BCUT2D eigenvalue weighted by atomic mass is 15.3. The van der Waals surface area contributed by atoms with Crippen LogP contribution >= 0.6 is 0 Å². The standard InChI is InChI=1S/C13H24N/c1-4-14(5-2,6-3)12-13-10-8-7-9-11-13/h8,10-11H,4-7,9,12H2,1-3H3/q+1. The first-order valence-corrected chi connectivity index (χ1v) is 5.97. The molecule has 0 bridgehead atoms. The first-order valence-electron chi connectivity index (χ1n) is 5.97. The maximum atomic E-state index is 2.41. The Balaban J connectivity index is 2.63. The lowest BCUT2D eigenvalue weighted by Gasteiger charge is -2.36. The van der Waals surface area contributed by atoms with Crippen molar-refractivity contribution in [2.45, 2.75) is 33.6 Å². The molecular weight excluding hydrogens is 170 g/mol. The molecule has 1 aliphatic rings. The van der Waals surface area contributed by atoms with E-state index in [9.17, 15) is 0 Å². The highest BCUT2D eigenvalue weighted by molar-refractivity contribution is 5.22. The SMILES string of the molecule is CC[N+](CC)(CC)CC1=CCCC=C1. The number of likely N-dealkylation sites (N-methyl/N-ethyl adjacent to an activating group) is 1. The van der Waals surface area contributed by atoms with Crippen LogP contribution in [0.5, 0.6) is 0 Å². The van der Waals surface area contributed by atoms with Gasteiger partial charge in [-0.15, -0.1) is 0 Å². The van der Waals surface area contributed by atoms with Crippen LogP contribution in [0, 0.1) is 0 Å². The quantitative estimate of drug-likeness (QED) is 0.590. The van der Waals surface area contributed by atoms with Gasteiger partial charge in [-0.05, 0) is 33.6 Å². The van der Waals surface area contributed by atoms with E-state index in [-0.39, 0.29) is 0 Å². The van der Waals surface area contributed by atoms with Gasteiger partial charge in [0, 0.05) is 5.57 Å². The second kappa shape index (κ2) is 5.35. The molecule has 0 radical (unpaired) electrons. The van der Waals surface area contributed by atoms with Crippen LogP contribution in [-0.2, 0) is 0 Å². The van der Waals surface area contributed by atoms with Crippen LogP contribution in [0.2, 0.25) is 0 Å². The summed E-state index contributed by atoms with van der Waals surface area (Å²) in [6.45, 7) is 11.9. The summed E-state index contributed by atoms with van der Waals surface area (Å²) >= 11 is 0. The third-order valence-electron chi connectivity index (χ3n) is 3.60. The van der Waals surface area contributed by atoms with Crippen LogP contribution in [0.15, 0.2) is 23.8 Å². The van der Waals surface area contributed by atoms with Gasteiger partial charge in [-0.2, -0.15) is 0 Å². The zero-order valence-electron chi connectivity index (χ0n) is 9.92. The summed E-state index contributed by atoms with van der Waals surface area (Å²) in [6.07, 6.45) is 9.51. The molecule has 1 heteroatoms. The Bertz CT molecular complexity index is 213. The van der Waals surface area contributed by atoms with E-state index in [1.54, 1.807) is 5.57 Å². The Morgan fingerprint density at radius 2 is 1.71 bits per heavy atom. The number of quaternary nitrogens is 1. The average molecular weight is 194 g/mol. The molecule has 0 heterocycles. The van der Waals surface area contributed by atoms with Crippen molar-refractivity contribution in [1.29, 1.82) is 0 Å². The number of hydrogen-bond donors (Lipinski definition) is 0. The Labute approximate surface area is 88.7 Å². The van der Waals surface area contributed by atoms with Crippen molar-refractivity contribution >= 4 is 0 Å². The van der Waals surface area contributed by atoms with E-state index in [0.29, 0.717) is 0 Å². The van der Waals surface area contributed by atoms with Crippen LogP contribution in [-0.4, -0.2) is 30.7 Å². The van der Waals surface area contributed by atoms with Crippen LogP contribution in [0.1, 0.15) is 33.6 Å². The lowest BCUT2D eigenvalue weighted by atomic mass is 10.1. The second-order valence-corrected chi connectivity index (χ2v) is 4.21. The second-order valence-electron chi connectivity index (χ2n) is 4.21. The van der Waals surface area contributed by atoms with E-state index in [1.165, 1.54) is 43.5 Å². The molecule has 0 saturated heterocycles. The number of allylic oxidation sites excluding steroid dienone is 2. The number of nitrogens with zero attached hydrogens (tertiary/aromatic N) is 1. The number of rotatable bonds is 5. The minimum Gasteiger partial charge on any atom is -0.321 e. The van der Waals surface area contributed by atoms with Crippen LogP contribution < -0.4 is 0 Å². The first-order chi connectivity index (χ1) is 6.76. The molecule has 1 rings (SSSR count). The van der Waals surface area contributed by atoms with Gasteiger partial charge in [0.2, 0.25) is 0 Å². The third kappa shape index (κ3) is 2.71. The van der Waals surface area contributed by atoms with Gasteiger partial charge in [-0.25, -0.2) is 0 Å². The molecule has 0 amide bonds. The fourth-order valence-electron chi connectivity index (χ4n) is 2.18. The number of hydrogen-bond acceptors (Lipinski definition) is 0. The van der Waals surface area contributed by atoms with Crippen molar-refractivity contribution in [3.8, 4) is 0 Å². The van der Waals surface area contributed by atoms with E-state index in [4.69, 9.17) is 0 Å². The molecule has 1 aliphatic carbocycles. The molecular formula is C13H24N+. The minimum absolute atomic E-state index is 1.22. The summed E-state index contributed by atoms with van der Waals surface area (Å²) in [5, 5.41) is 0. The Morgan fingerprint density at radius 3 is 2.14 bits per heavy atom. The van der Waals surface area contributed by atoms with E-state index >= 15 is 0 Å². The predicted molar refractivity (Wildman–Crippen MR) is 63.2 cm³/mol. The van der Waals surface area contributed by atoms with Crippen molar-refractivity contribution in [1.82, 2.24) is 0 Å². The predicted octanol–water partition coefficient (Wildman–Crippen LogP) is 3.14. The molecule has 0 spiro atoms. The lowest BCUT2D eigenvalue weighted by Crippen LogP contribution is -2.48. The van der Waals surface area contributed by atoms with Gasteiger partial charge in [0.15, 0.2) is 0 Å². The van der Waals surface area contributed by atoms with Crippen molar-refractivity contribution in [2.24, 2.45) is 0 Å². The summed E-state index contributed by atoms with van der Waals surface area (Å²) in [5.41, 5.74) is 1.54. The van der Waals surface area contributed by atoms with Crippen LogP contribution in [0.4, 0.5) is 0 Å². The van der Waals surface area contributed by atoms with Crippen molar-refractivity contribution < 1.29 is 4.48 Å². The molecule has 1 nitrogen and oxygen atoms in total. The summed E-state index contributed by atoms with van der Waals surface area (Å²) in [5.74, 6) is 0. The van der Waals surface area contributed by atoms with Gasteiger partial charge in [-0.3, -0.25) is 0 Å². The summed E-state index contributed by atoms with van der Waals surface area (Å²) in [4.78, 5) is 0. The molecule has 0 atom stereocenters. The normalized spacial score (nSPS) is 16.9. The highest BCUT2D eigenvalue weighted by Crippen LogP contribution is 2.16. The Morgan fingerprint density at radius 1 is 1.07 bits per heavy atom. The fraction of sp³-hybridized carbons (Fsp3) is 0.692. The molecule has 0 aromatic heterocycles. The molecule has 0 aliphatic heterocycles. The van der Waals surface area contributed by atoms with Crippen molar-refractivity contribution in [2.75, 3.05) is 26.2 Å². The molecule has 0 unspecified atom stereocenters. The van der Waals surface area contributed by atoms with Gasteiger partial charge < -0.3 is 4.48 Å². The van der Waals surface area contributed by atoms with Gasteiger partial charge in [0.05, 0.1) is 19.6 Å². The maximum absolute atomic E-state index is 2.41. The van der Waals surface area contributed by atoms with Crippen LogP contribution in [0.3, 0.4) is 0 Å². The summed E-state index contributed by atoms with van der Waals surface area (Å²) in [6, 6.07) is 0. The van der Waals surface area contributed by atoms with Gasteiger partial charge in [-0.1, -0.05) is 18.2 Å². The minimum atomic E-state index is 1.22. The van der Waals surface area contributed by atoms with Gasteiger partial charge >= 0.3 is 0 Å². The molecule has 0 N–H and O–H groups in total. The molecule has 0 fully saturated rings. The van der Waals surface area contributed by atoms with Gasteiger partial charge in [0.1, 0.15) is 6.54 Å². The fourth-order valence-corrected chi connectivity index (χ4v) is 2.18. The molecule has 0 aromatic rings. The van der Waals surface area contributed by atoms with Crippen molar-refractivity contribution in [3.05, 3.63) is 23.8 Å². The van der Waals surface area contributed by atoms with E-state index in [2.05, 4.69) is 39.0 Å². The zero-order valence-corrected chi connectivity index (χ0v) is 9.92.